The van der Waals surface area contributed by atoms with Crippen molar-refractivity contribution in [3.8, 4) is 0 Å². The van der Waals surface area contributed by atoms with Gasteiger partial charge in [0, 0.05) is 13.2 Å². The van der Waals surface area contributed by atoms with E-state index in [1.807, 2.05) is 0 Å². The molecule has 1 aromatic heterocycles. The average molecular weight is 394 g/mol. The van der Waals surface area contributed by atoms with Gasteiger partial charge in [-0.1, -0.05) is 0 Å². The number of ether oxygens (including phenoxy) is 1. The standard InChI is InChI=1S/C9H9Br2F3N2O2/c10-6-4-15-16(8(17)7(6)11)2-1-3-18-5-9(12,13)14/h4H,1-3,5H2. The van der Waals surface area contributed by atoms with Gasteiger partial charge in [0.25, 0.3) is 5.56 Å². The zero-order chi connectivity index (χ0) is 13.8. The fraction of sp³-hybridized carbons (Fsp3) is 0.556. The van der Waals surface area contributed by atoms with Crippen molar-refractivity contribution in [1.82, 2.24) is 9.78 Å². The SMILES string of the molecule is O=c1c(Br)c(Br)cnn1CCCOCC(F)(F)F. The first-order valence-electron chi connectivity index (χ1n) is 4.87. The van der Waals surface area contributed by atoms with Gasteiger partial charge in [0.1, 0.15) is 11.1 Å². The third-order valence-corrected chi connectivity index (χ3v) is 3.77. The Morgan fingerprint density at radius 3 is 2.67 bits per heavy atom. The van der Waals surface area contributed by atoms with Gasteiger partial charge in [-0.15, -0.1) is 0 Å². The summed E-state index contributed by atoms with van der Waals surface area (Å²) in [5.41, 5.74) is -0.347. The first kappa shape index (κ1) is 15.6. The molecule has 0 aliphatic carbocycles. The molecule has 1 heterocycles. The van der Waals surface area contributed by atoms with Crippen LogP contribution in [0.2, 0.25) is 0 Å². The molecule has 18 heavy (non-hydrogen) atoms. The molecule has 0 bridgehead atoms. The lowest BCUT2D eigenvalue weighted by molar-refractivity contribution is -0.174. The number of hydrogen-bond donors (Lipinski definition) is 0. The minimum absolute atomic E-state index is 0.0820. The molecule has 0 N–H and O–H groups in total. The Labute approximate surface area is 117 Å². The lowest BCUT2D eigenvalue weighted by Crippen LogP contribution is -2.24. The highest BCUT2D eigenvalue weighted by molar-refractivity contribution is 9.13. The fourth-order valence-electron chi connectivity index (χ4n) is 1.11. The van der Waals surface area contributed by atoms with E-state index in [-0.39, 0.29) is 25.1 Å². The van der Waals surface area contributed by atoms with Gasteiger partial charge in [-0.2, -0.15) is 18.3 Å². The summed E-state index contributed by atoms with van der Waals surface area (Å²) in [6.45, 7) is -1.16. The van der Waals surface area contributed by atoms with E-state index in [0.717, 1.165) is 4.68 Å². The van der Waals surface area contributed by atoms with E-state index < -0.39 is 12.8 Å². The molecule has 9 heteroatoms. The number of aromatic nitrogens is 2. The topological polar surface area (TPSA) is 44.1 Å². The van der Waals surface area contributed by atoms with Crippen molar-refractivity contribution in [2.45, 2.75) is 19.1 Å². The summed E-state index contributed by atoms with van der Waals surface area (Å²) in [7, 11) is 0. The summed E-state index contributed by atoms with van der Waals surface area (Å²) < 4.78 is 41.7. The minimum atomic E-state index is -4.32. The third kappa shape index (κ3) is 5.07. The van der Waals surface area contributed by atoms with Crippen LogP contribution in [0.1, 0.15) is 6.42 Å². The number of halogens is 5. The van der Waals surface area contributed by atoms with E-state index in [2.05, 4.69) is 41.7 Å². The summed E-state index contributed by atoms with van der Waals surface area (Å²) in [6, 6.07) is 0. The molecule has 1 rings (SSSR count). The van der Waals surface area contributed by atoms with E-state index in [1.165, 1.54) is 6.20 Å². The molecule has 0 atom stereocenters. The minimum Gasteiger partial charge on any atom is -0.372 e. The molecule has 0 aliphatic rings. The van der Waals surface area contributed by atoms with Crippen molar-refractivity contribution in [1.29, 1.82) is 0 Å². The number of alkyl halides is 3. The fourth-order valence-corrected chi connectivity index (χ4v) is 1.68. The molecular weight excluding hydrogens is 385 g/mol. The van der Waals surface area contributed by atoms with E-state index in [4.69, 9.17) is 0 Å². The van der Waals surface area contributed by atoms with Crippen LogP contribution < -0.4 is 5.56 Å². The van der Waals surface area contributed by atoms with Gasteiger partial charge in [-0.25, -0.2) is 4.68 Å². The van der Waals surface area contributed by atoms with Gasteiger partial charge >= 0.3 is 6.18 Å². The Morgan fingerprint density at radius 1 is 1.39 bits per heavy atom. The van der Waals surface area contributed by atoms with E-state index >= 15 is 0 Å². The predicted molar refractivity (Wildman–Crippen MR) is 65.4 cm³/mol. The highest BCUT2D eigenvalue weighted by atomic mass is 79.9. The van der Waals surface area contributed by atoms with Crippen molar-refractivity contribution in [3.05, 3.63) is 25.5 Å². The zero-order valence-corrected chi connectivity index (χ0v) is 12.2. The number of hydrogen-bond acceptors (Lipinski definition) is 3. The lowest BCUT2D eigenvalue weighted by atomic mass is 10.4. The molecule has 0 fully saturated rings. The van der Waals surface area contributed by atoms with Crippen LogP contribution >= 0.6 is 31.9 Å². The highest BCUT2D eigenvalue weighted by Crippen LogP contribution is 2.16. The second-order valence-corrected chi connectivity index (χ2v) is 5.00. The first-order valence-corrected chi connectivity index (χ1v) is 6.45. The van der Waals surface area contributed by atoms with Crippen molar-refractivity contribution in [3.63, 3.8) is 0 Å². The molecule has 0 aliphatic heterocycles. The third-order valence-electron chi connectivity index (χ3n) is 1.87. The van der Waals surface area contributed by atoms with Crippen molar-refractivity contribution in [2.75, 3.05) is 13.2 Å². The maximum absolute atomic E-state index is 11.8. The summed E-state index contributed by atoms with van der Waals surface area (Å²) in [5, 5.41) is 3.83. The largest absolute Gasteiger partial charge is 0.411 e. The van der Waals surface area contributed by atoms with Gasteiger partial charge in [-0.05, 0) is 38.3 Å². The number of rotatable bonds is 5. The van der Waals surface area contributed by atoms with Gasteiger partial charge in [0.15, 0.2) is 0 Å². The summed E-state index contributed by atoms with van der Waals surface area (Å²) in [6.07, 6.45) is -2.62. The molecule has 102 valence electrons. The Balaban J connectivity index is 2.41. The number of aryl methyl sites for hydroxylation is 1. The Morgan fingerprint density at radius 2 is 2.06 bits per heavy atom. The monoisotopic (exact) mass is 392 g/mol. The second-order valence-electron chi connectivity index (χ2n) is 3.36. The molecule has 0 aromatic carbocycles. The van der Waals surface area contributed by atoms with Crippen LogP contribution in [0, 0.1) is 0 Å². The maximum atomic E-state index is 11.8. The van der Waals surface area contributed by atoms with E-state index in [1.54, 1.807) is 0 Å². The molecule has 0 spiro atoms. The Kier molecular flexibility index (Phi) is 5.80. The summed E-state index contributed by atoms with van der Waals surface area (Å²) >= 11 is 6.20. The average Bonchev–Trinajstić information content (AvgIpc) is 2.27. The van der Waals surface area contributed by atoms with E-state index in [9.17, 15) is 18.0 Å². The zero-order valence-electron chi connectivity index (χ0n) is 9.01. The van der Waals surface area contributed by atoms with Crippen LogP contribution in [0.15, 0.2) is 19.9 Å². The second kappa shape index (κ2) is 6.67. The quantitative estimate of drug-likeness (QED) is 0.722. The van der Waals surface area contributed by atoms with Crippen LogP contribution in [0.25, 0.3) is 0 Å². The lowest BCUT2D eigenvalue weighted by Gasteiger charge is -2.08. The maximum Gasteiger partial charge on any atom is 0.411 e. The summed E-state index contributed by atoms with van der Waals surface area (Å²) in [5.74, 6) is 0. The van der Waals surface area contributed by atoms with Crippen LogP contribution in [-0.2, 0) is 11.3 Å². The van der Waals surface area contributed by atoms with Gasteiger partial charge in [0.2, 0.25) is 0 Å². The van der Waals surface area contributed by atoms with E-state index in [0.29, 0.717) is 8.95 Å². The highest BCUT2D eigenvalue weighted by Gasteiger charge is 2.27. The van der Waals surface area contributed by atoms with Gasteiger partial charge < -0.3 is 4.74 Å². The van der Waals surface area contributed by atoms with Crippen LogP contribution in [0.4, 0.5) is 13.2 Å². The van der Waals surface area contributed by atoms with Crippen molar-refractivity contribution < 1.29 is 17.9 Å². The Hall–Kier alpha value is -0.410. The Bertz CT molecular complexity index is 462. The molecular formula is C9H9Br2F3N2O2. The van der Waals surface area contributed by atoms with Crippen LogP contribution in [0.3, 0.4) is 0 Å². The van der Waals surface area contributed by atoms with Gasteiger partial charge in [-0.3, -0.25) is 4.79 Å². The van der Waals surface area contributed by atoms with Crippen molar-refractivity contribution >= 4 is 31.9 Å². The van der Waals surface area contributed by atoms with Crippen LogP contribution in [-0.4, -0.2) is 29.2 Å². The summed E-state index contributed by atoms with van der Waals surface area (Å²) in [4.78, 5) is 11.6. The molecule has 0 unspecified atom stereocenters. The molecule has 0 saturated heterocycles. The molecule has 0 radical (unpaired) electrons. The normalized spacial score (nSPS) is 11.8. The molecule has 1 aromatic rings. The first-order chi connectivity index (χ1) is 8.31. The smallest absolute Gasteiger partial charge is 0.372 e. The molecule has 4 nitrogen and oxygen atoms in total. The molecule has 0 amide bonds. The van der Waals surface area contributed by atoms with Crippen LogP contribution in [0.5, 0.6) is 0 Å². The number of nitrogens with zero attached hydrogens (tertiary/aromatic N) is 2. The van der Waals surface area contributed by atoms with Crippen molar-refractivity contribution in [2.24, 2.45) is 0 Å². The van der Waals surface area contributed by atoms with Gasteiger partial charge in [0.05, 0.1) is 10.7 Å². The molecule has 0 saturated carbocycles. The predicted octanol–water partition coefficient (Wildman–Crippen LogP) is 2.74.